The Kier molecular flexibility index (Phi) is 2.83. The molecule has 0 saturated carbocycles. The summed E-state index contributed by atoms with van der Waals surface area (Å²) in [6.07, 6.45) is 3.10. The number of aryl methyl sites for hydroxylation is 2. The maximum absolute atomic E-state index is 10.7. The van der Waals surface area contributed by atoms with Gasteiger partial charge in [0.15, 0.2) is 0 Å². The standard InChI is InChI=1S/C13H12N2O4/c1-17-10-4-2-3-9-12(10)8(7-14-9)5-6-11-15-19-13(16)18-11/h2-4,7,14H,5-6H2,1H3. The Morgan fingerprint density at radius 2 is 2.26 bits per heavy atom. The molecular formula is C13H12N2O4. The van der Waals surface area contributed by atoms with Crippen molar-refractivity contribution in [1.82, 2.24) is 10.1 Å². The zero-order valence-corrected chi connectivity index (χ0v) is 10.3. The molecule has 19 heavy (non-hydrogen) atoms. The molecule has 0 fully saturated rings. The van der Waals surface area contributed by atoms with E-state index in [-0.39, 0.29) is 0 Å². The van der Waals surface area contributed by atoms with Gasteiger partial charge in [0.1, 0.15) is 5.75 Å². The van der Waals surface area contributed by atoms with Crippen LogP contribution in [0.5, 0.6) is 5.75 Å². The SMILES string of the molecule is COc1cccc2[nH]cc(CCc3noc(=O)o3)c12. The molecule has 3 aromatic rings. The van der Waals surface area contributed by atoms with Crippen LogP contribution in [0.2, 0.25) is 0 Å². The molecule has 6 nitrogen and oxygen atoms in total. The van der Waals surface area contributed by atoms with Crippen LogP contribution in [0.4, 0.5) is 0 Å². The maximum Gasteiger partial charge on any atom is 0.542 e. The number of benzene rings is 1. The molecule has 0 saturated heterocycles. The van der Waals surface area contributed by atoms with Crippen molar-refractivity contribution in [2.45, 2.75) is 12.8 Å². The molecule has 0 atom stereocenters. The summed E-state index contributed by atoms with van der Waals surface area (Å²) in [5.74, 6) is 0.344. The number of aromatic nitrogens is 2. The molecule has 0 amide bonds. The lowest BCUT2D eigenvalue weighted by Gasteiger charge is -2.03. The van der Waals surface area contributed by atoms with Gasteiger partial charge in [0.2, 0.25) is 5.89 Å². The Morgan fingerprint density at radius 3 is 3.00 bits per heavy atom. The summed E-state index contributed by atoms with van der Waals surface area (Å²) in [6.45, 7) is 0. The van der Waals surface area contributed by atoms with E-state index in [0.29, 0.717) is 18.7 Å². The van der Waals surface area contributed by atoms with Crippen LogP contribution in [0, 0.1) is 0 Å². The topological polar surface area (TPSA) is 81.3 Å². The van der Waals surface area contributed by atoms with Crippen LogP contribution >= 0.6 is 0 Å². The lowest BCUT2D eigenvalue weighted by atomic mass is 10.1. The average Bonchev–Trinajstić information content (AvgIpc) is 3.02. The number of H-pyrrole nitrogens is 1. The van der Waals surface area contributed by atoms with E-state index >= 15 is 0 Å². The van der Waals surface area contributed by atoms with Crippen LogP contribution in [0.1, 0.15) is 11.5 Å². The highest BCUT2D eigenvalue weighted by atomic mass is 16.6. The van der Waals surface area contributed by atoms with E-state index < -0.39 is 5.82 Å². The second kappa shape index (κ2) is 4.64. The normalized spacial score (nSPS) is 11.0. The lowest BCUT2D eigenvalue weighted by molar-refractivity contribution is 0.334. The van der Waals surface area contributed by atoms with Crippen molar-refractivity contribution >= 4 is 10.9 Å². The molecule has 1 N–H and O–H groups in total. The predicted octanol–water partition coefficient (Wildman–Crippen LogP) is 1.90. The van der Waals surface area contributed by atoms with E-state index in [1.807, 2.05) is 24.4 Å². The third-order valence-corrected chi connectivity index (χ3v) is 3.00. The molecule has 0 aliphatic rings. The summed E-state index contributed by atoms with van der Waals surface area (Å²) in [4.78, 5) is 13.9. The molecular weight excluding hydrogens is 248 g/mol. The van der Waals surface area contributed by atoms with Gasteiger partial charge in [-0.2, -0.15) is 0 Å². The quantitative estimate of drug-likeness (QED) is 0.774. The highest BCUT2D eigenvalue weighted by Gasteiger charge is 2.11. The Bertz CT molecular complexity index is 753. The van der Waals surface area contributed by atoms with Crippen LogP contribution in [-0.4, -0.2) is 17.3 Å². The number of ether oxygens (including phenoxy) is 1. The van der Waals surface area contributed by atoms with Crippen molar-refractivity contribution in [3.8, 4) is 5.75 Å². The number of rotatable bonds is 4. The van der Waals surface area contributed by atoms with Crippen LogP contribution in [0.15, 0.2) is 38.1 Å². The molecule has 3 rings (SSSR count). The fourth-order valence-electron chi connectivity index (χ4n) is 2.15. The second-order valence-electron chi connectivity index (χ2n) is 4.13. The number of methoxy groups -OCH3 is 1. The summed E-state index contributed by atoms with van der Waals surface area (Å²) in [7, 11) is 1.64. The van der Waals surface area contributed by atoms with Crippen molar-refractivity contribution in [3.05, 3.63) is 46.5 Å². The summed E-state index contributed by atoms with van der Waals surface area (Å²) in [6, 6.07) is 5.82. The van der Waals surface area contributed by atoms with Gasteiger partial charge in [-0.05, 0) is 29.3 Å². The third-order valence-electron chi connectivity index (χ3n) is 3.00. The maximum atomic E-state index is 10.7. The third kappa shape index (κ3) is 2.12. The average molecular weight is 260 g/mol. The van der Waals surface area contributed by atoms with Crippen LogP contribution in [0.3, 0.4) is 0 Å². The zero-order valence-electron chi connectivity index (χ0n) is 10.3. The van der Waals surface area contributed by atoms with E-state index in [9.17, 15) is 4.79 Å². The largest absolute Gasteiger partial charge is 0.542 e. The Morgan fingerprint density at radius 1 is 1.37 bits per heavy atom. The molecule has 2 heterocycles. The first-order valence-electron chi connectivity index (χ1n) is 5.86. The first-order valence-corrected chi connectivity index (χ1v) is 5.86. The first kappa shape index (κ1) is 11.6. The van der Waals surface area contributed by atoms with E-state index in [0.717, 1.165) is 22.2 Å². The number of fused-ring (bicyclic) bond motifs is 1. The minimum absolute atomic E-state index is 0.300. The highest BCUT2D eigenvalue weighted by molar-refractivity contribution is 5.89. The van der Waals surface area contributed by atoms with Gasteiger partial charge in [-0.25, -0.2) is 4.79 Å². The Balaban J connectivity index is 1.90. The lowest BCUT2D eigenvalue weighted by Crippen LogP contribution is -1.93. The van der Waals surface area contributed by atoms with Crippen LogP contribution in [-0.2, 0) is 12.8 Å². The first-order chi connectivity index (χ1) is 9.28. The van der Waals surface area contributed by atoms with E-state index in [1.165, 1.54) is 0 Å². The van der Waals surface area contributed by atoms with Crippen molar-refractivity contribution in [2.24, 2.45) is 0 Å². The number of hydrogen-bond donors (Lipinski definition) is 1. The van der Waals surface area contributed by atoms with Gasteiger partial charge in [0.25, 0.3) is 0 Å². The van der Waals surface area contributed by atoms with Gasteiger partial charge in [0.05, 0.1) is 7.11 Å². The van der Waals surface area contributed by atoms with Crippen LogP contribution in [0.25, 0.3) is 10.9 Å². The van der Waals surface area contributed by atoms with E-state index in [1.54, 1.807) is 7.11 Å². The number of hydrogen-bond acceptors (Lipinski definition) is 5. The molecule has 0 unspecified atom stereocenters. The molecule has 0 aliphatic carbocycles. The summed E-state index contributed by atoms with van der Waals surface area (Å²) < 4.78 is 14.5. The predicted molar refractivity (Wildman–Crippen MR) is 67.3 cm³/mol. The Labute approximate surface area is 108 Å². The molecule has 0 spiro atoms. The molecule has 0 bridgehead atoms. The van der Waals surface area contributed by atoms with Gasteiger partial charge in [0, 0.05) is 23.5 Å². The van der Waals surface area contributed by atoms with Gasteiger partial charge >= 0.3 is 5.82 Å². The minimum atomic E-state index is -0.772. The molecule has 6 heteroatoms. The summed E-state index contributed by atoms with van der Waals surface area (Å²) in [5.41, 5.74) is 2.09. The van der Waals surface area contributed by atoms with Gasteiger partial charge in [-0.3, -0.25) is 4.52 Å². The Hall–Kier alpha value is -2.50. The fraction of sp³-hybridized carbons (Fsp3) is 0.231. The summed E-state index contributed by atoms with van der Waals surface area (Å²) >= 11 is 0. The zero-order chi connectivity index (χ0) is 13.2. The summed E-state index contributed by atoms with van der Waals surface area (Å²) in [5, 5.41) is 4.58. The van der Waals surface area contributed by atoms with Gasteiger partial charge < -0.3 is 14.1 Å². The van der Waals surface area contributed by atoms with Gasteiger partial charge in [-0.1, -0.05) is 6.07 Å². The molecule has 1 aromatic carbocycles. The monoisotopic (exact) mass is 260 g/mol. The van der Waals surface area contributed by atoms with Crippen molar-refractivity contribution in [1.29, 1.82) is 0 Å². The second-order valence-corrected chi connectivity index (χ2v) is 4.13. The smallest absolute Gasteiger partial charge is 0.496 e. The minimum Gasteiger partial charge on any atom is -0.496 e. The molecule has 0 aliphatic heterocycles. The number of aromatic amines is 1. The number of nitrogens with one attached hydrogen (secondary N) is 1. The number of nitrogens with zero attached hydrogens (tertiary/aromatic N) is 1. The molecule has 0 radical (unpaired) electrons. The van der Waals surface area contributed by atoms with Crippen molar-refractivity contribution < 1.29 is 13.7 Å². The van der Waals surface area contributed by atoms with E-state index in [2.05, 4.69) is 14.7 Å². The van der Waals surface area contributed by atoms with Crippen molar-refractivity contribution in [2.75, 3.05) is 7.11 Å². The van der Waals surface area contributed by atoms with E-state index in [4.69, 9.17) is 9.15 Å². The fourth-order valence-corrected chi connectivity index (χ4v) is 2.15. The van der Waals surface area contributed by atoms with Gasteiger partial charge in [-0.15, -0.1) is 0 Å². The highest BCUT2D eigenvalue weighted by Crippen LogP contribution is 2.29. The van der Waals surface area contributed by atoms with Crippen molar-refractivity contribution in [3.63, 3.8) is 0 Å². The molecule has 2 aromatic heterocycles. The van der Waals surface area contributed by atoms with Crippen LogP contribution < -0.4 is 10.6 Å². The molecule has 98 valence electrons.